The highest BCUT2D eigenvalue weighted by Gasteiger charge is 2.22. The number of carbonyl (C=O) groups is 2. The van der Waals surface area contributed by atoms with E-state index in [1.54, 1.807) is 6.92 Å². The van der Waals surface area contributed by atoms with Gasteiger partial charge in [-0.05, 0) is 57.4 Å². The lowest BCUT2D eigenvalue weighted by molar-refractivity contribution is -0.113. The van der Waals surface area contributed by atoms with Gasteiger partial charge in [0.05, 0.1) is 28.5 Å². The molecule has 0 unspecified atom stereocenters. The monoisotopic (exact) mass is 428 g/mol. The lowest BCUT2D eigenvalue weighted by atomic mass is 10.1. The molecule has 0 radical (unpaired) electrons. The second kappa shape index (κ2) is 8.97. The zero-order valence-electron chi connectivity index (χ0n) is 17.2. The summed E-state index contributed by atoms with van der Waals surface area (Å²) in [5.74, 6) is -0.368. The van der Waals surface area contributed by atoms with Crippen LogP contribution in [0.1, 0.15) is 38.8 Å². The summed E-state index contributed by atoms with van der Waals surface area (Å²) < 4.78 is 5.14. The quantitative estimate of drug-likeness (QED) is 0.418. The molecule has 0 saturated carbocycles. The van der Waals surface area contributed by atoms with Crippen LogP contribution in [0.25, 0.3) is 10.9 Å². The number of para-hydroxylation sites is 1. The normalized spacial score (nSPS) is 10.9. The van der Waals surface area contributed by atoms with E-state index in [-0.39, 0.29) is 11.7 Å². The van der Waals surface area contributed by atoms with Gasteiger partial charge in [0.1, 0.15) is 5.00 Å². The molecule has 0 fully saturated rings. The maximum Gasteiger partial charge on any atom is 0.341 e. The molecular weight excluding hydrogens is 404 g/mol. The number of benzene rings is 1. The van der Waals surface area contributed by atoms with Crippen molar-refractivity contribution in [3.05, 3.63) is 51.4 Å². The maximum absolute atomic E-state index is 12.5. The number of nitrogens with zero attached hydrogens (tertiary/aromatic N) is 1. The summed E-state index contributed by atoms with van der Waals surface area (Å²) in [6.07, 6.45) is 0. The number of ether oxygens (including phenoxy) is 1. The van der Waals surface area contributed by atoms with E-state index in [4.69, 9.17) is 9.72 Å². The molecule has 3 rings (SSSR count). The predicted molar refractivity (Wildman–Crippen MR) is 120 cm³/mol. The van der Waals surface area contributed by atoms with Crippen LogP contribution in [0.4, 0.5) is 5.00 Å². The zero-order valence-corrected chi connectivity index (χ0v) is 18.8. The van der Waals surface area contributed by atoms with Gasteiger partial charge < -0.3 is 10.1 Å². The van der Waals surface area contributed by atoms with Crippen LogP contribution in [0.3, 0.4) is 0 Å². The zero-order chi connectivity index (χ0) is 21.1. The van der Waals surface area contributed by atoms with Crippen molar-refractivity contribution in [2.45, 2.75) is 39.6 Å². The molecule has 0 aliphatic carbocycles. The molecule has 7 heteroatoms. The van der Waals surface area contributed by atoms with Gasteiger partial charge in [-0.2, -0.15) is 0 Å². The number of carbonyl (C=O) groups excluding carboxylic acids is 2. The number of rotatable bonds is 6. The van der Waals surface area contributed by atoms with Crippen LogP contribution in [0, 0.1) is 27.7 Å². The number of anilines is 1. The number of esters is 1. The minimum Gasteiger partial charge on any atom is -0.462 e. The van der Waals surface area contributed by atoms with E-state index in [9.17, 15) is 9.59 Å². The van der Waals surface area contributed by atoms with Crippen LogP contribution in [-0.2, 0) is 9.53 Å². The Morgan fingerprint density at radius 1 is 1.17 bits per heavy atom. The number of aryl methyl sites for hydroxylation is 3. The standard InChI is InChI=1S/C22H24N2O3S2/c1-6-27-22(26)19-14(4)15(5)29-21(19)23-17(25)11-28-18-10-13(3)16-9-7-8-12(2)20(16)24-18/h7-10H,6,11H2,1-5H3,(H,23,25). The van der Waals surface area contributed by atoms with Crippen molar-refractivity contribution in [2.24, 2.45) is 0 Å². The predicted octanol–water partition coefficient (Wildman–Crippen LogP) is 5.44. The van der Waals surface area contributed by atoms with Gasteiger partial charge >= 0.3 is 5.97 Å². The summed E-state index contributed by atoms with van der Waals surface area (Å²) >= 11 is 2.78. The first-order chi connectivity index (χ1) is 13.8. The molecule has 0 spiro atoms. The Morgan fingerprint density at radius 2 is 1.93 bits per heavy atom. The highest BCUT2D eigenvalue weighted by molar-refractivity contribution is 7.99. The number of hydrogen-bond donors (Lipinski definition) is 1. The fourth-order valence-electron chi connectivity index (χ4n) is 3.07. The van der Waals surface area contributed by atoms with Crippen LogP contribution < -0.4 is 5.32 Å². The molecule has 1 N–H and O–H groups in total. The number of thioether (sulfide) groups is 1. The van der Waals surface area contributed by atoms with Crippen LogP contribution in [0.2, 0.25) is 0 Å². The third-order valence-corrected chi connectivity index (χ3v) is 6.73. The summed E-state index contributed by atoms with van der Waals surface area (Å²) in [6, 6.07) is 8.13. The third-order valence-electron chi connectivity index (χ3n) is 4.69. The lowest BCUT2D eigenvalue weighted by Crippen LogP contribution is -2.16. The number of aromatic nitrogens is 1. The number of pyridine rings is 1. The van der Waals surface area contributed by atoms with Gasteiger partial charge in [0, 0.05) is 10.3 Å². The van der Waals surface area contributed by atoms with Gasteiger partial charge in [0.2, 0.25) is 5.91 Å². The summed E-state index contributed by atoms with van der Waals surface area (Å²) in [6.45, 7) is 9.94. The number of amides is 1. The molecular formula is C22H24N2O3S2. The minimum absolute atomic E-state index is 0.175. The summed E-state index contributed by atoms with van der Waals surface area (Å²) in [5, 5.41) is 5.36. The Labute approximate surface area is 178 Å². The van der Waals surface area contributed by atoms with E-state index in [0.29, 0.717) is 17.2 Å². The molecule has 0 aliphatic rings. The van der Waals surface area contributed by atoms with Crippen molar-refractivity contribution in [1.82, 2.24) is 4.98 Å². The molecule has 152 valence electrons. The minimum atomic E-state index is -0.403. The topological polar surface area (TPSA) is 68.3 Å². The van der Waals surface area contributed by atoms with Gasteiger partial charge in [0.25, 0.3) is 0 Å². The van der Waals surface area contributed by atoms with Gasteiger partial charge in [-0.1, -0.05) is 30.0 Å². The van der Waals surface area contributed by atoms with Gasteiger partial charge in [0.15, 0.2) is 0 Å². The number of nitrogens with one attached hydrogen (secondary N) is 1. The van der Waals surface area contributed by atoms with Crippen LogP contribution in [-0.4, -0.2) is 29.2 Å². The summed E-state index contributed by atoms with van der Waals surface area (Å²) in [7, 11) is 0. The van der Waals surface area contributed by atoms with E-state index in [1.807, 2.05) is 39.0 Å². The number of thiophene rings is 1. The highest BCUT2D eigenvalue weighted by atomic mass is 32.2. The highest BCUT2D eigenvalue weighted by Crippen LogP contribution is 2.33. The second-order valence-corrected chi connectivity index (χ2v) is 9.01. The Kier molecular flexibility index (Phi) is 6.59. The van der Waals surface area contributed by atoms with Crippen LogP contribution in [0.5, 0.6) is 0 Å². The molecule has 3 aromatic rings. The van der Waals surface area contributed by atoms with Crippen molar-refractivity contribution >= 4 is 50.9 Å². The first-order valence-electron chi connectivity index (χ1n) is 9.38. The molecule has 5 nitrogen and oxygen atoms in total. The lowest BCUT2D eigenvalue weighted by Gasteiger charge is -2.09. The average Bonchev–Trinajstić information content (AvgIpc) is 2.94. The van der Waals surface area contributed by atoms with Crippen molar-refractivity contribution in [1.29, 1.82) is 0 Å². The SMILES string of the molecule is CCOC(=O)c1c(NC(=O)CSc2cc(C)c3cccc(C)c3n2)sc(C)c1C. The molecule has 0 bridgehead atoms. The Bertz CT molecular complexity index is 1090. The van der Waals surface area contributed by atoms with E-state index >= 15 is 0 Å². The Hall–Kier alpha value is -2.38. The van der Waals surface area contributed by atoms with E-state index in [2.05, 4.69) is 18.3 Å². The van der Waals surface area contributed by atoms with Crippen molar-refractivity contribution in [3.8, 4) is 0 Å². The first kappa shape index (κ1) is 21.3. The maximum atomic E-state index is 12.5. The van der Waals surface area contributed by atoms with Crippen molar-refractivity contribution in [3.63, 3.8) is 0 Å². The van der Waals surface area contributed by atoms with Crippen LogP contribution >= 0.6 is 23.1 Å². The largest absolute Gasteiger partial charge is 0.462 e. The average molecular weight is 429 g/mol. The fraction of sp³-hybridized carbons (Fsp3) is 0.318. The molecule has 29 heavy (non-hydrogen) atoms. The van der Waals surface area contributed by atoms with E-state index < -0.39 is 5.97 Å². The molecule has 0 atom stereocenters. The molecule has 0 aliphatic heterocycles. The van der Waals surface area contributed by atoms with Gasteiger partial charge in [-0.25, -0.2) is 9.78 Å². The first-order valence-corrected chi connectivity index (χ1v) is 11.2. The number of hydrogen-bond acceptors (Lipinski definition) is 6. The third kappa shape index (κ3) is 4.62. The van der Waals surface area contributed by atoms with Crippen molar-refractivity contribution < 1.29 is 14.3 Å². The van der Waals surface area contributed by atoms with E-state index in [1.165, 1.54) is 23.1 Å². The van der Waals surface area contributed by atoms with E-state index in [0.717, 1.165) is 37.5 Å². The second-order valence-electron chi connectivity index (χ2n) is 6.79. The molecule has 2 heterocycles. The van der Waals surface area contributed by atoms with Crippen molar-refractivity contribution in [2.75, 3.05) is 17.7 Å². The Balaban J connectivity index is 1.74. The molecule has 0 saturated heterocycles. The molecule has 1 amide bonds. The molecule has 2 aromatic heterocycles. The molecule has 1 aromatic carbocycles. The smallest absolute Gasteiger partial charge is 0.341 e. The summed E-state index contributed by atoms with van der Waals surface area (Å²) in [5.41, 5.74) is 4.50. The fourth-order valence-corrected chi connectivity index (χ4v) is 4.90. The van der Waals surface area contributed by atoms with Gasteiger partial charge in [-0.15, -0.1) is 11.3 Å². The van der Waals surface area contributed by atoms with Crippen LogP contribution in [0.15, 0.2) is 29.3 Å². The van der Waals surface area contributed by atoms with Gasteiger partial charge in [-0.3, -0.25) is 4.79 Å². The summed E-state index contributed by atoms with van der Waals surface area (Å²) in [4.78, 5) is 30.5. The number of fused-ring (bicyclic) bond motifs is 1. The Morgan fingerprint density at radius 3 is 2.66 bits per heavy atom.